The largest absolute Gasteiger partial charge is 0.497 e. The molecule has 2 aromatic rings. The fourth-order valence-corrected chi connectivity index (χ4v) is 2.24. The molecule has 0 saturated heterocycles. The van der Waals surface area contributed by atoms with Crippen LogP contribution in [0.2, 0.25) is 5.02 Å². The minimum atomic E-state index is -0.0746. The van der Waals surface area contributed by atoms with Gasteiger partial charge in [0, 0.05) is 16.1 Å². The third-order valence-corrected chi connectivity index (χ3v) is 3.27. The zero-order valence-electron chi connectivity index (χ0n) is 11.1. The Kier molecular flexibility index (Phi) is 4.20. The first-order valence-corrected chi connectivity index (χ1v) is 6.38. The predicted octanol–water partition coefficient (Wildman–Crippen LogP) is 4.03. The molecule has 0 atom stereocenters. The number of Topliss-reactive ketones (excluding diaryl/α,β-unsaturated/α-hetero) is 1. The number of methoxy groups -OCH3 is 1. The van der Waals surface area contributed by atoms with Crippen LogP contribution in [0, 0.1) is 0 Å². The molecule has 0 spiro atoms. The maximum Gasteiger partial charge on any atom is 0.160 e. The van der Waals surface area contributed by atoms with Crippen molar-refractivity contribution < 1.29 is 14.3 Å². The molecule has 102 valence electrons. The van der Waals surface area contributed by atoms with E-state index in [-0.39, 0.29) is 5.78 Å². The first kappa shape index (κ1) is 14.3. The van der Waals surface area contributed by atoms with Crippen molar-refractivity contribution in [3.8, 4) is 16.9 Å². The molecule has 2 aromatic carbocycles. The van der Waals surface area contributed by atoms with Crippen molar-refractivity contribution in [2.75, 3.05) is 7.11 Å². The smallest absolute Gasteiger partial charge is 0.160 e. The van der Waals surface area contributed by atoms with Gasteiger partial charge in [0.2, 0.25) is 0 Å². The molecule has 0 aliphatic carbocycles. The van der Waals surface area contributed by atoms with Crippen molar-refractivity contribution in [2.24, 2.45) is 0 Å². The van der Waals surface area contributed by atoms with E-state index in [1.165, 1.54) is 6.92 Å². The molecule has 3 nitrogen and oxygen atoms in total. The van der Waals surface area contributed by atoms with E-state index in [0.717, 1.165) is 6.29 Å². The van der Waals surface area contributed by atoms with Crippen LogP contribution < -0.4 is 4.74 Å². The molecule has 0 aliphatic rings. The van der Waals surface area contributed by atoms with Gasteiger partial charge in [-0.15, -0.1) is 0 Å². The molecule has 4 heteroatoms. The van der Waals surface area contributed by atoms with Gasteiger partial charge in [0.25, 0.3) is 0 Å². The molecule has 0 aliphatic heterocycles. The van der Waals surface area contributed by atoms with Gasteiger partial charge >= 0.3 is 0 Å². The molecular weight excluding hydrogens is 276 g/mol. The first-order valence-electron chi connectivity index (χ1n) is 6.01. The number of carbonyl (C=O) groups excluding carboxylic acids is 2. The van der Waals surface area contributed by atoms with Gasteiger partial charge in [-0.05, 0) is 48.4 Å². The van der Waals surface area contributed by atoms with Gasteiger partial charge in [-0.25, -0.2) is 0 Å². The normalized spacial score (nSPS) is 10.2. The Morgan fingerprint density at radius 3 is 2.50 bits per heavy atom. The summed E-state index contributed by atoms with van der Waals surface area (Å²) < 4.78 is 5.18. The van der Waals surface area contributed by atoms with E-state index >= 15 is 0 Å². The second-order valence-corrected chi connectivity index (χ2v) is 4.75. The van der Waals surface area contributed by atoms with Crippen LogP contribution in [0.3, 0.4) is 0 Å². The van der Waals surface area contributed by atoms with Gasteiger partial charge in [-0.3, -0.25) is 9.59 Å². The summed E-state index contributed by atoms with van der Waals surface area (Å²) in [5, 5.41) is 0.475. The number of hydrogen-bond donors (Lipinski definition) is 0. The van der Waals surface area contributed by atoms with Crippen LogP contribution in [0.15, 0.2) is 36.4 Å². The molecule has 0 amide bonds. The number of hydrogen-bond acceptors (Lipinski definition) is 3. The minimum absolute atomic E-state index is 0.0746. The number of benzene rings is 2. The molecule has 0 fully saturated rings. The van der Waals surface area contributed by atoms with Crippen LogP contribution in [0.25, 0.3) is 11.1 Å². The molecule has 0 bridgehead atoms. The Bertz CT molecular complexity index is 677. The minimum Gasteiger partial charge on any atom is -0.497 e. The Morgan fingerprint density at radius 1 is 1.15 bits per heavy atom. The van der Waals surface area contributed by atoms with E-state index in [9.17, 15) is 9.59 Å². The van der Waals surface area contributed by atoms with Crippen molar-refractivity contribution in [1.29, 1.82) is 0 Å². The number of aldehydes is 1. The average Bonchev–Trinajstić information content (AvgIpc) is 2.46. The number of ketones is 1. The molecule has 0 aromatic heterocycles. The van der Waals surface area contributed by atoms with Crippen LogP contribution >= 0.6 is 11.6 Å². The van der Waals surface area contributed by atoms with Crippen LogP contribution in [-0.4, -0.2) is 19.2 Å². The molecule has 0 N–H and O–H groups in total. The summed E-state index contributed by atoms with van der Waals surface area (Å²) in [6.07, 6.45) is 0.727. The van der Waals surface area contributed by atoms with Crippen LogP contribution in [0.5, 0.6) is 5.75 Å². The fraction of sp³-hybridized carbons (Fsp3) is 0.125. The van der Waals surface area contributed by atoms with Crippen molar-refractivity contribution in [1.82, 2.24) is 0 Å². The number of carbonyl (C=O) groups is 2. The molecule has 0 heterocycles. The summed E-state index contributed by atoms with van der Waals surface area (Å²) in [4.78, 5) is 23.0. The second kappa shape index (κ2) is 5.88. The number of rotatable bonds is 4. The highest BCUT2D eigenvalue weighted by Crippen LogP contribution is 2.31. The Labute approximate surface area is 122 Å². The lowest BCUT2D eigenvalue weighted by molar-refractivity contribution is 0.101. The summed E-state index contributed by atoms with van der Waals surface area (Å²) in [6.45, 7) is 1.49. The molecule has 0 unspecified atom stereocenters. The van der Waals surface area contributed by atoms with Gasteiger partial charge < -0.3 is 4.74 Å². The molecule has 0 radical (unpaired) electrons. The van der Waals surface area contributed by atoms with E-state index in [0.29, 0.717) is 33.0 Å². The predicted molar refractivity (Wildman–Crippen MR) is 78.8 cm³/mol. The monoisotopic (exact) mass is 288 g/mol. The second-order valence-electron chi connectivity index (χ2n) is 4.32. The molecule has 0 saturated carbocycles. The van der Waals surface area contributed by atoms with Gasteiger partial charge in [-0.2, -0.15) is 0 Å². The summed E-state index contributed by atoms with van der Waals surface area (Å²) in [5.41, 5.74) is 2.30. The fourth-order valence-electron chi connectivity index (χ4n) is 2.06. The lowest BCUT2D eigenvalue weighted by Gasteiger charge is -2.12. The highest BCUT2D eigenvalue weighted by molar-refractivity contribution is 6.31. The lowest BCUT2D eigenvalue weighted by atomic mass is 9.94. The summed E-state index contributed by atoms with van der Waals surface area (Å²) in [5.74, 6) is 0.547. The van der Waals surface area contributed by atoms with Crippen molar-refractivity contribution >= 4 is 23.7 Å². The average molecular weight is 289 g/mol. The molecule has 2 rings (SSSR count). The van der Waals surface area contributed by atoms with E-state index in [1.54, 1.807) is 43.5 Å². The zero-order valence-corrected chi connectivity index (χ0v) is 11.9. The van der Waals surface area contributed by atoms with Gasteiger partial charge in [0.05, 0.1) is 7.11 Å². The quantitative estimate of drug-likeness (QED) is 0.630. The van der Waals surface area contributed by atoms with Crippen LogP contribution in [0.4, 0.5) is 0 Å². The van der Waals surface area contributed by atoms with E-state index in [4.69, 9.17) is 16.3 Å². The van der Waals surface area contributed by atoms with E-state index < -0.39 is 0 Å². The van der Waals surface area contributed by atoms with E-state index in [1.807, 2.05) is 0 Å². The third-order valence-electron chi connectivity index (χ3n) is 3.04. The molecular formula is C16H13ClO3. The topological polar surface area (TPSA) is 43.4 Å². The van der Waals surface area contributed by atoms with E-state index in [2.05, 4.69) is 0 Å². The van der Waals surface area contributed by atoms with Crippen molar-refractivity contribution in [2.45, 2.75) is 6.92 Å². The van der Waals surface area contributed by atoms with Gasteiger partial charge in [-0.1, -0.05) is 17.7 Å². The zero-order chi connectivity index (χ0) is 14.7. The highest BCUT2D eigenvalue weighted by Gasteiger charge is 2.14. The third kappa shape index (κ3) is 2.73. The Morgan fingerprint density at radius 2 is 1.90 bits per heavy atom. The van der Waals surface area contributed by atoms with Crippen LogP contribution in [-0.2, 0) is 0 Å². The van der Waals surface area contributed by atoms with Gasteiger partial charge in [0.15, 0.2) is 12.1 Å². The Balaban J connectivity index is 2.73. The van der Waals surface area contributed by atoms with Crippen LogP contribution in [0.1, 0.15) is 27.6 Å². The summed E-state index contributed by atoms with van der Waals surface area (Å²) in [7, 11) is 1.55. The SMILES string of the molecule is COc1ccc(C(C)=O)c(-c2ccc(Cl)cc2C=O)c1. The highest BCUT2D eigenvalue weighted by atomic mass is 35.5. The van der Waals surface area contributed by atoms with Gasteiger partial charge in [0.1, 0.15) is 5.75 Å². The molecule has 20 heavy (non-hydrogen) atoms. The lowest BCUT2D eigenvalue weighted by Crippen LogP contribution is -1.99. The summed E-state index contributed by atoms with van der Waals surface area (Å²) in [6, 6.07) is 10.2. The van der Waals surface area contributed by atoms with Crippen molar-refractivity contribution in [3.05, 3.63) is 52.5 Å². The Hall–Kier alpha value is -2.13. The standard InChI is InChI=1S/C16H13ClO3/c1-10(19)14-6-4-13(20-2)8-16(14)15-5-3-12(17)7-11(15)9-18/h3-9H,1-2H3. The number of halogens is 1. The van der Waals surface area contributed by atoms with Crippen molar-refractivity contribution in [3.63, 3.8) is 0 Å². The maximum atomic E-state index is 11.8. The first-order chi connectivity index (χ1) is 9.56. The summed E-state index contributed by atoms with van der Waals surface area (Å²) >= 11 is 5.89. The number of ether oxygens (including phenoxy) is 1. The maximum absolute atomic E-state index is 11.8.